The summed E-state index contributed by atoms with van der Waals surface area (Å²) < 4.78 is 6.88. The molecule has 0 aromatic heterocycles. The van der Waals surface area contributed by atoms with Gasteiger partial charge in [-0.3, -0.25) is 9.59 Å². The van der Waals surface area contributed by atoms with Gasteiger partial charge in [0.1, 0.15) is 17.4 Å². The summed E-state index contributed by atoms with van der Waals surface area (Å²) in [7, 11) is 0. The van der Waals surface area contributed by atoms with E-state index in [-0.39, 0.29) is 23.4 Å². The highest BCUT2D eigenvalue weighted by Gasteiger charge is 2.61. The molecule has 0 aliphatic heterocycles. The normalized spacial score (nSPS) is 30.1. The number of hydrogen-bond donors (Lipinski definition) is 0. The minimum Gasteiger partial charge on any atom is -0.456 e. The topological polar surface area (TPSA) is 43.4 Å². The number of Topliss-reactive ketones (excluding diaryl/α,β-unsaturated/α-hetero) is 2. The zero-order chi connectivity index (χ0) is 20.3. The van der Waals surface area contributed by atoms with E-state index in [1.54, 1.807) is 12.1 Å². The van der Waals surface area contributed by atoms with Gasteiger partial charge in [0.05, 0.1) is 5.02 Å². The molecule has 3 nitrogen and oxygen atoms in total. The largest absolute Gasteiger partial charge is 0.456 e. The standard InChI is InChI=1S/C24H22BrClO3/c1-2-12-5-7-16(29-19-8-6-15(25)10-18(19)26)11-17(12)22-23(27)20-13-3-4-14(9-13)21(20)24(22)28/h5-8,10-11,13-14,20-22H,2-4,9H2,1H3. The maximum atomic E-state index is 13.3. The maximum Gasteiger partial charge on any atom is 0.151 e. The fourth-order valence-corrected chi connectivity index (χ4v) is 6.57. The van der Waals surface area contributed by atoms with Crippen LogP contribution in [0.3, 0.4) is 0 Å². The number of benzene rings is 2. The lowest BCUT2D eigenvalue weighted by molar-refractivity contribution is -0.125. The number of fused-ring (bicyclic) bond motifs is 5. The SMILES string of the molecule is CCc1ccc(Oc2ccc(Br)cc2Cl)cc1C1C(=O)C2C3CCC(C3)C2C1=O. The Morgan fingerprint density at radius 2 is 1.72 bits per heavy atom. The Kier molecular flexibility index (Phi) is 4.83. The van der Waals surface area contributed by atoms with Crippen LogP contribution in [0.4, 0.5) is 0 Å². The number of ether oxygens (including phenoxy) is 1. The molecule has 2 bridgehead atoms. The third kappa shape index (κ3) is 3.07. The van der Waals surface area contributed by atoms with Gasteiger partial charge in [-0.15, -0.1) is 0 Å². The van der Waals surface area contributed by atoms with Crippen molar-refractivity contribution in [3.63, 3.8) is 0 Å². The van der Waals surface area contributed by atoms with Crippen molar-refractivity contribution in [1.82, 2.24) is 0 Å². The summed E-state index contributed by atoms with van der Waals surface area (Å²) in [5.74, 6) is 1.51. The van der Waals surface area contributed by atoms with Crippen molar-refractivity contribution in [2.75, 3.05) is 0 Å². The first kappa shape index (κ1) is 19.3. The third-order valence-corrected chi connectivity index (χ3v) is 7.86. The van der Waals surface area contributed by atoms with E-state index in [4.69, 9.17) is 16.3 Å². The highest BCUT2D eigenvalue weighted by Crippen LogP contribution is 2.59. The van der Waals surface area contributed by atoms with Crippen LogP contribution in [-0.2, 0) is 16.0 Å². The van der Waals surface area contributed by atoms with E-state index < -0.39 is 5.92 Å². The molecule has 29 heavy (non-hydrogen) atoms. The molecule has 4 atom stereocenters. The van der Waals surface area contributed by atoms with Crippen molar-refractivity contribution in [3.8, 4) is 11.5 Å². The van der Waals surface area contributed by atoms with Gasteiger partial charge in [-0.25, -0.2) is 0 Å². The number of rotatable bonds is 4. The van der Waals surface area contributed by atoms with Crippen molar-refractivity contribution in [2.45, 2.75) is 38.5 Å². The van der Waals surface area contributed by atoms with Gasteiger partial charge >= 0.3 is 0 Å². The molecule has 2 aromatic carbocycles. The molecule has 0 radical (unpaired) electrons. The van der Waals surface area contributed by atoms with Gasteiger partial charge < -0.3 is 4.74 Å². The molecular weight excluding hydrogens is 452 g/mol. The maximum absolute atomic E-state index is 13.3. The monoisotopic (exact) mass is 472 g/mol. The average molecular weight is 474 g/mol. The van der Waals surface area contributed by atoms with Crippen molar-refractivity contribution in [3.05, 3.63) is 57.0 Å². The summed E-state index contributed by atoms with van der Waals surface area (Å²) >= 11 is 9.68. The van der Waals surface area contributed by atoms with Crippen molar-refractivity contribution in [2.24, 2.45) is 23.7 Å². The van der Waals surface area contributed by atoms with Gasteiger partial charge in [-0.1, -0.05) is 40.5 Å². The van der Waals surface area contributed by atoms with Gasteiger partial charge in [0.15, 0.2) is 11.6 Å². The van der Waals surface area contributed by atoms with Crippen LogP contribution in [-0.4, -0.2) is 11.6 Å². The first-order chi connectivity index (χ1) is 14.0. The molecule has 4 unspecified atom stereocenters. The molecule has 3 aliphatic carbocycles. The summed E-state index contributed by atoms with van der Waals surface area (Å²) in [6.07, 6.45) is 4.03. The number of halogens is 2. The summed E-state index contributed by atoms with van der Waals surface area (Å²) in [5.41, 5.74) is 1.86. The molecule has 0 saturated heterocycles. The molecule has 5 heteroatoms. The van der Waals surface area contributed by atoms with Crippen LogP contribution in [0, 0.1) is 23.7 Å². The van der Waals surface area contributed by atoms with Crippen molar-refractivity contribution < 1.29 is 14.3 Å². The van der Waals surface area contributed by atoms with Crippen LogP contribution in [0.25, 0.3) is 0 Å². The first-order valence-corrected chi connectivity index (χ1v) is 11.5. The number of aryl methyl sites for hydroxylation is 1. The van der Waals surface area contributed by atoms with Crippen LogP contribution >= 0.6 is 27.5 Å². The molecule has 150 valence electrons. The quantitative estimate of drug-likeness (QED) is 0.486. The Morgan fingerprint density at radius 3 is 2.34 bits per heavy atom. The van der Waals surface area contributed by atoms with Crippen LogP contribution in [0.5, 0.6) is 11.5 Å². The van der Waals surface area contributed by atoms with Crippen LogP contribution in [0.15, 0.2) is 40.9 Å². The third-order valence-electron chi connectivity index (χ3n) is 7.07. The van der Waals surface area contributed by atoms with Crippen molar-refractivity contribution in [1.29, 1.82) is 0 Å². The van der Waals surface area contributed by atoms with E-state index in [1.807, 2.05) is 24.3 Å². The molecule has 0 spiro atoms. The summed E-state index contributed by atoms with van der Waals surface area (Å²) in [5, 5.41) is 0.500. The highest BCUT2D eigenvalue weighted by atomic mass is 79.9. The van der Waals surface area contributed by atoms with E-state index in [1.165, 1.54) is 0 Å². The van der Waals surface area contributed by atoms with Crippen molar-refractivity contribution >= 4 is 39.1 Å². The van der Waals surface area contributed by atoms with Gasteiger partial charge in [0, 0.05) is 16.3 Å². The van der Waals surface area contributed by atoms with E-state index in [9.17, 15) is 9.59 Å². The summed E-state index contributed by atoms with van der Waals surface area (Å²) in [6, 6.07) is 11.2. The second-order valence-electron chi connectivity index (χ2n) is 8.51. The second kappa shape index (κ2) is 7.24. The van der Waals surface area contributed by atoms with Gasteiger partial charge in [0.2, 0.25) is 0 Å². The molecule has 5 rings (SSSR count). The summed E-state index contributed by atoms with van der Waals surface area (Å²) in [4.78, 5) is 26.7. The smallest absolute Gasteiger partial charge is 0.151 e. The number of carbonyl (C=O) groups is 2. The Hall–Kier alpha value is -1.65. The molecule has 0 N–H and O–H groups in total. The Labute approximate surface area is 183 Å². The highest BCUT2D eigenvalue weighted by molar-refractivity contribution is 9.10. The molecule has 0 amide bonds. The van der Waals surface area contributed by atoms with E-state index >= 15 is 0 Å². The predicted molar refractivity (Wildman–Crippen MR) is 116 cm³/mol. The van der Waals surface area contributed by atoms with Crippen LogP contribution < -0.4 is 4.74 Å². The van der Waals surface area contributed by atoms with Gasteiger partial charge in [0.25, 0.3) is 0 Å². The number of hydrogen-bond acceptors (Lipinski definition) is 3. The fourth-order valence-electron chi connectivity index (χ4n) is 5.85. The lowest BCUT2D eigenvalue weighted by Gasteiger charge is -2.21. The van der Waals surface area contributed by atoms with Gasteiger partial charge in [-0.2, -0.15) is 0 Å². The van der Waals surface area contributed by atoms with Crippen LogP contribution in [0.2, 0.25) is 5.02 Å². The number of carbonyl (C=O) groups excluding carboxylic acids is 2. The predicted octanol–water partition coefficient (Wildman–Crippen LogP) is 6.35. The number of ketones is 2. The van der Waals surface area contributed by atoms with E-state index in [0.29, 0.717) is 28.4 Å². The Balaban J connectivity index is 1.50. The lowest BCUT2D eigenvalue weighted by Crippen LogP contribution is -2.24. The summed E-state index contributed by atoms with van der Waals surface area (Å²) in [6.45, 7) is 2.05. The average Bonchev–Trinajstić information content (AvgIpc) is 3.38. The lowest BCUT2D eigenvalue weighted by atomic mass is 9.81. The fraction of sp³-hybridized carbons (Fsp3) is 0.417. The minimum atomic E-state index is -0.632. The second-order valence-corrected chi connectivity index (χ2v) is 9.84. The molecule has 3 fully saturated rings. The van der Waals surface area contributed by atoms with Gasteiger partial charge in [-0.05, 0) is 79.0 Å². The zero-order valence-corrected chi connectivity index (χ0v) is 18.5. The van der Waals surface area contributed by atoms with Crippen LogP contribution in [0.1, 0.15) is 43.2 Å². The molecular formula is C24H22BrClO3. The molecule has 3 saturated carbocycles. The molecule has 2 aromatic rings. The molecule has 3 aliphatic rings. The Morgan fingerprint density at radius 1 is 1.03 bits per heavy atom. The van der Waals surface area contributed by atoms with E-state index in [2.05, 4.69) is 22.9 Å². The zero-order valence-electron chi connectivity index (χ0n) is 16.2. The molecule has 0 heterocycles. The minimum absolute atomic E-state index is 0.0542. The Bertz CT molecular complexity index is 989. The van der Waals surface area contributed by atoms with E-state index in [0.717, 1.165) is 41.3 Å². The first-order valence-electron chi connectivity index (χ1n) is 10.3.